The lowest BCUT2D eigenvalue weighted by Gasteiger charge is -2.04. The zero-order valence-electron chi connectivity index (χ0n) is 19.1. The van der Waals surface area contributed by atoms with E-state index in [2.05, 4.69) is 21.1 Å². The summed E-state index contributed by atoms with van der Waals surface area (Å²) in [5.74, 6) is -0.142. The second-order valence-electron chi connectivity index (χ2n) is 8.00. The second-order valence-corrected chi connectivity index (χ2v) is 8.00. The molecule has 0 aliphatic rings. The number of hydrogen-bond acceptors (Lipinski definition) is 4. The Kier molecular flexibility index (Phi) is 11.5. The van der Waals surface area contributed by atoms with Crippen molar-refractivity contribution >= 4 is 23.2 Å². The molecule has 0 aliphatic heterocycles. The largest absolute Gasteiger partial charge is 0.273 e. The smallest absolute Gasteiger partial charge is 0.240 e. The zero-order chi connectivity index (χ0) is 23.0. The molecular weight excluding hydrogens is 400 g/mol. The van der Waals surface area contributed by atoms with Crippen LogP contribution in [0.1, 0.15) is 63.5 Å². The molecule has 0 aromatic heterocycles. The number of benzene rings is 2. The second kappa shape index (κ2) is 14.7. The third-order valence-corrected chi connectivity index (χ3v) is 4.91. The van der Waals surface area contributed by atoms with Crippen LogP contribution in [0.25, 0.3) is 0 Å². The van der Waals surface area contributed by atoms with Gasteiger partial charge < -0.3 is 0 Å². The van der Waals surface area contributed by atoms with E-state index in [-0.39, 0.29) is 11.8 Å². The lowest BCUT2D eigenvalue weighted by atomic mass is 10.1. The van der Waals surface area contributed by atoms with Crippen molar-refractivity contribution in [3.63, 3.8) is 0 Å². The number of carbonyl (C=O) groups excluding carboxylic acids is 2. The molecule has 2 rings (SSSR count). The van der Waals surface area contributed by atoms with Crippen molar-refractivity contribution in [2.75, 3.05) is 0 Å². The number of nitrogens with one attached hydrogen (secondary N) is 2. The average Bonchev–Trinajstić information content (AvgIpc) is 2.80. The number of rotatable bonds is 13. The summed E-state index contributed by atoms with van der Waals surface area (Å²) in [6.07, 6.45) is 5.71. The van der Waals surface area contributed by atoms with Crippen molar-refractivity contribution < 1.29 is 9.59 Å². The van der Waals surface area contributed by atoms with Crippen LogP contribution < -0.4 is 10.9 Å². The lowest BCUT2D eigenvalue weighted by Crippen LogP contribution is -2.19. The van der Waals surface area contributed by atoms with E-state index >= 15 is 0 Å². The fraction of sp³-hybridized carbons (Fsp3) is 0.385. The van der Waals surface area contributed by atoms with E-state index in [9.17, 15) is 9.59 Å². The Morgan fingerprint density at radius 2 is 1.00 bits per heavy atom. The summed E-state index contributed by atoms with van der Waals surface area (Å²) in [5.41, 5.74) is 9.34. The molecule has 0 aliphatic carbocycles. The first-order valence-corrected chi connectivity index (χ1v) is 11.2. The highest BCUT2D eigenvalue weighted by atomic mass is 16.2. The van der Waals surface area contributed by atoms with Gasteiger partial charge in [-0.3, -0.25) is 9.59 Å². The summed E-state index contributed by atoms with van der Waals surface area (Å²) in [7, 11) is 0. The molecule has 0 spiro atoms. The number of hydrogen-bond donors (Lipinski definition) is 2. The Balaban J connectivity index is 1.51. The monoisotopic (exact) mass is 434 g/mol. The number of unbranched alkanes of at least 4 members (excludes halogenated alkanes) is 3. The van der Waals surface area contributed by atoms with Gasteiger partial charge in [-0.25, -0.2) is 10.9 Å². The van der Waals surface area contributed by atoms with Crippen LogP contribution >= 0.6 is 0 Å². The molecule has 0 unspecified atom stereocenters. The van der Waals surface area contributed by atoms with Gasteiger partial charge in [-0.1, -0.05) is 73.5 Å². The van der Waals surface area contributed by atoms with Gasteiger partial charge in [-0.2, -0.15) is 10.2 Å². The van der Waals surface area contributed by atoms with Crippen LogP contribution in [0.3, 0.4) is 0 Å². The summed E-state index contributed by atoms with van der Waals surface area (Å²) in [5, 5.41) is 8.34. The molecule has 6 nitrogen and oxygen atoms in total. The van der Waals surface area contributed by atoms with Gasteiger partial charge in [0.25, 0.3) is 0 Å². The fourth-order valence-electron chi connectivity index (χ4n) is 3.21. The van der Waals surface area contributed by atoms with Crippen LogP contribution in [0.2, 0.25) is 0 Å². The quantitative estimate of drug-likeness (QED) is 0.270. The molecule has 0 heterocycles. The van der Waals surface area contributed by atoms with Crippen molar-refractivity contribution in [3.05, 3.63) is 71.8 Å². The van der Waals surface area contributed by atoms with Crippen LogP contribution in [0.5, 0.6) is 0 Å². The van der Waals surface area contributed by atoms with Gasteiger partial charge in [0, 0.05) is 37.1 Å². The van der Waals surface area contributed by atoms with Crippen molar-refractivity contribution in [2.24, 2.45) is 10.2 Å². The van der Waals surface area contributed by atoms with Crippen molar-refractivity contribution in [2.45, 2.75) is 65.2 Å². The Labute approximate surface area is 191 Å². The molecule has 0 bridgehead atoms. The Morgan fingerprint density at radius 3 is 1.38 bits per heavy atom. The Hall–Kier alpha value is -3.28. The van der Waals surface area contributed by atoms with E-state index in [4.69, 9.17) is 0 Å². The van der Waals surface area contributed by atoms with Gasteiger partial charge in [0.2, 0.25) is 11.8 Å². The summed E-state index contributed by atoms with van der Waals surface area (Å²) in [6, 6.07) is 20.1. The van der Waals surface area contributed by atoms with Gasteiger partial charge in [0.05, 0.1) is 0 Å². The fourth-order valence-corrected chi connectivity index (χ4v) is 3.21. The van der Waals surface area contributed by atoms with Gasteiger partial charge in [0.15, 0.2) is 0 Å². The number of hydrazone groups is 2. The third kappa shape index (κ3) is 11.2. The predicted molar refractivity (Wildman–Crippen MR) is 130 cm³/mol. The number of amides is 2. The number of nitrogens with zero attached hydrogens (tertiary/aromatic N) is 2. The third-order valence-electron chi connectivity index (χ3n) is 4.91. The standard InChI is InChI=1S/C26H34N4O2/c1-21(19-23-13-7-5-8-14-23)27-29-25(31)17-11-3-4-12-18-26(32)30-28-22(2)20-24-15-9-6-10-16-24/h5-10,13-16H,3-4,11-12,17-20H2,1-2H3,(H,29,31)(H,30,32). The molecule has 0 saturated carbocycles. The van der Waals surface area contributed by atoms with Crippen LogP contribution in [0.15, 0.2) is 70.9 Å². The molecule has 6 heteroatoms. The van der Waals surface area contributed by atoms with Crippen molar-refractivity contribution in [3.8, 4) is 0 Å². The highest BCUT2D eigenvalue weighted by molar-refractivity contribution is 5.86. The van der Waals surface area contributed by atoms with Gasteiger partial charge in [-0.15, -0.1) is 0 Å². The SMILES string of the molecule is CC(Cc1ccccc1)=NNC(=O)CCCCCCC(=O)NN=C(C)Cc1ccccc1. The van der Waals surface area contributed by atoms with E-state index in [0.29, 0.717) is 12.8 Å². The van der Waals surface area contributed by atoms with E-state index in [1.54, 1.807) is 0 Å². The zero-order valence-corrected chi connectivity index (χ0v) is 19.1. The summed E-state index contributed by atoms with van der Waals surface area (Å²) in [4.78, 5) is 23.8. The number of carbonyl (C=O) groups is 2. The summed E-state index contributed by atoms with van der Waals surface area (Å²) >= 11 is 0. The maximum atomic E-state index is 11.9. The van der Waals surface area contributed by atoms with Crippen molar-refractivity contribution in [1.29, 1.82) is 0 Å². The van der Waals surface area contributed by atoms with Gasteiger partial charge in [0.1, 0.15) is 0 Å². The molecule has 170 valence electrons. The maximum absolute atomic E-state index is 11.9. The first kappa shape index (κ1) is 25.0. The first-order valence-electron chi connectivity index (χ1n) is 11.2. The van der Waals surface area contributed by atoms with Gasteiger partial charge >= 0.3 is 0 Å². The predicted octanol–water partition coefficient (Wildman–Crippen LogP) is 4.80. The molecule has 0 fully saturated rings. The summed E-state index contributed by atoms with van der Waals surface area (Å²) in [6.45, 7) is 3.82. The highest BCUT2D eigenvalue weighted by Crippen LogP contribution is 2.06. The molecule has 0 atom stereocenters. The molecule has 0 radical (unpaired) electrons. The highest BCUT2D eigenvalue weighted by Gasteiger charge is 2.03. The van der Waals surface area contributed by atoms with E-state index in [1.165, 1.54) is 11.1 Å². The van der Waals surface area contributed by atoms with E-state index < -0.39 is 0 Å². The molecule has 2 N–H and O–H groups in total. The molecule has 32 heavy (non-hydrogen) atoms. The average molecular weight is 435 g/mol. The van der Waals surface area contributed by atoms with Crippen LogP contribution in [-0.4, -0.2) is 23.2 Å². The Bertz CT molecular complexity index is 817. The van der Waals surface area contributed by atoms with Gasteiger partial charge in [-0.05, 0) is 37.8 Å². The maximum Gasteiger partial charge on any atom is 0.240 e. The molecule has 2 aromatic carbocycles. The first-order chi connectivity index (χ1) is 15.5. The van der Waals surface area contributed by atoms with Crippen LogP contribution in [0, 0.1) is 0 Å². The minimum absolute atomic E-state index is 0.0709. The molecule has 0 saturated heterocycles. The topological polar surface area (TPSA) is 82.9 Å². The normalized spacial score (nSPS) is 11.8. The van der Waals surface area contributed by atoms with E-state index in [1.807, 2.05) is 74.5 Å². The molecular formula is C26H34N4O2. The lowest BCUT2D eigenvalue weighted by molar-refractivity contribution is -0.122. The van der Waals surface area contributed by atoms with Crippen LogP contribution in [0.4, 0.5) is 0 Å². The molecule has 2 aromatic rings. The minimum atomic E-state index is -0.0709. The summed E-state index contributed by atoms with van der Waals surface area (Å²) < 4.78 is 0. The van der Waals surface area contributed by atoms with Crippen molar-refractivity contribution in [1.82, 2.24) is 10.9 Å². The minimum Gasteiger partial charge on any atom is -0.273 e. The van der Waals surface area contributed by atoms with E-state index in [0.717, 1.165) is 49.9 Å². The molecule has 2 amide bonds. The van der Waals surface area contributed by atoms with Crippen LogP contribution in [-0.2, 0) is 22.4 Å². The Morgan fingerprint density at radius 1 is 0.625 bits per heavy atom.